The summed E-state index contributed by atoms with van der Waals surface area (Å²) >= 11 is 7.80. The standard InChI is InChI=1S/C14H18ClN3O2S.ClH/c1-2-5-16-13(19)10-4-3-9(6-11(10)15)18-14(20)12-7-21-8-17-12;/h3-4,6,12,17H,2,5,7-8H2,1H3,(H,16,19)(H,18,20);1H. The molecule has 1 atom stereocenters. The van der Waals surface area contributed by atoms with Crippen molar-refractivity contribution in [3.05, 3.63) is 28.8 Å². The van der Waals surface area contributed by atoms with Crippen LogP contribution < -0.4 is 16.0 Å². The third-order valence-electron chi connectivity index (χ3n) is 3.05. The van der Waals surface area contributed by atoms with E-state index in [1.165, 1.54) is 0 Å². The van der Waals surface area contributed by atoms with Crippen molar-refractivity contribution in [3.8, 4) is 0 Å². The van der Waals surface area contributed by atoms with Crippen LogP contribution in [0, 0.1) is 0 Å². The summed E-state index contributed by atoms with van der Waals surface area (Å²) in [4.78, 5) is 23.8. The van der Waals surface area contributed by atoms with Gasteiger partial charge in [0.2, 0.25) is 5.91 Å². The molecular formula is C14H19Cl2N3O2S. The number of anilines is 1. The van der Waals surface area contributed by atoms with Crippen LogP contribution in [0.25, 0.3) is 0 Å². The van der Waals surface area contributed by atoms with E-state index in [0.29, 0.717) is 22.8 Å². The first-order valence-electron chi connectivity index (χ1n) is 6.81. The van der Waals surface area contributed by atoms with Crippen LogP contribution in [0.4, 0.5) is 5.69 Å². The molecule has 1 unspecified atom stereocenters. The second-order valence-electron chi connectivity index (χ2n) is 4.71. The van der Waals surface area contributed by atoms with E-state index in [-0.39, 0.29) is 30.3 Å². The molecule has 8 heteroatoms. The number of carbonyl (C=O) groups is 2. The minimum Gasteiger partial charge on any atom is -0.352 e. The SMILES string of the molecule is CCCNC(=O)c1ccc(NC(=O)C2CSCN2)cc1Cl.Cl. The van der Waals surface area contributed by atoms with Crippen molar-refractivity contribution in [2.45, 2.75) is 19.4 Å². The van der Waals surface area contributed by atoms with Crippen LogP contribution in [-0.4, -0.2) is 36.0 Å². The Hall–Kier alpha value is -0.950. The molecule has 2 amide bonds. The largest absolute Gasteiger partial charge is 0.352 e. The van der Waals surface area contributed by atoms with Gasteiger partial charge in [-0.15, -0.1) is 24.2 Å². The molecule has 1 fully saturated rings. The van der Waals surface area contributed by atoms with E-state index in [4.69, 9.17) is 11.6 Å². The Kier molecular flexibility index (Phi) is 8.03. The highest BCUT2D eigenvalue weighted by Crippen LogP contribution is 2.21. The van der Waals surface area contributed by atoms with E-state index in [2.05, 4.69) is 16.0 Å². The van der Waals surface area contributed by atoms with Crippen LogP contribution >= 0.6 is 35.8 Å². The lowest BCUT2D eigenvalue weighted by Crippen LogP contribution is -2.37. The van der Waals surface area contributed by atoms with E-state index in [9.17, 15) is 9.59 Å². The summed E-state index contributed by atoms with van der Waals surface area (Å²) in [5.41, 5.74) is 1.01. The summed E-state index contributed by atoms with van der Waals surface area (Å²) < 4.78 is 0. The van der Waals surface area contributed by atoms with Crippen LogP contribution in [-0.2, 0) is 4.79 Å². The molecule has 0 aliphatic carbocycles. The molecule has 5 nitrogen and oxygen atoms in total. The number of benzene rings is 1. The monoisotopic (exact) mass is 363 g/mol. The molecule has 0 bridgehead atoms. The normalized spacial score (nSPS) is 16.7. The first-order valence-corrected chi connectivity index (χ1v) is 8.35. The number of thioether (sulfide) groups is 1. The molecule has 22 heavy (non-hydrogen) atoms. The van der Waals surface area contributed by atoms with Crippen LogP contribution in [0.2, 0.25) is 5.02 Å². The lowest BCUT2D eigenvalue weighted by Gasteiger charge is -2.12. The molecule has 1 heterocycles. The molecule has 0 spiro atoms. The summed E-state index contributed by atoms with van der Waals surface area (Å²) in [6, 6.07) is 4.73. The Morgan fingerprint density at radius 3 is 2.82 bits per heavy atom. The molecule has 0 aromatic heterocycles. The van der Waals surface area contributed by atoms with Crippen LogP contribution in [0.5, 0.6) is 0 Å². The zero-order chi connectivity index (χ0) is 15.2. The summed E-state index contributed by atoms with van der Waals surface area (Å²) in [6.45, 7) is 2.59. The number of hydrogen-bond donors (Lipinski definition) is 3. The predicted molar refractivity (Wildman–Crippen MR) is 94.2 cm³/mol. The van der Waals surface area contributed by atoms with Crippen molar-refractivity contribution < 1.29 is 9.59 Å². The van der Waals surface area contributed by atoms with Gasteiger partial charge in [0, 0.05) is 23.9 Å². The maximum atomic E-state index is 12.0. The van der Waals surface area contributed by atoms with E-state index < -0.39 is 0 Å². The fourth-order valence-electron chi connectivity index (χ4n) is 1.90. The third-order valence-corrected chi connectivity index (χ3v) is 4.30. The molecule has 1 saturated heterocycles. The van der Waals surface area contributed by atoms with E-state index >= 15 is 0 Å². The van der Waals surface area contributed by atoms with Gasteiger partial charge in [-0.25, -0.2) is 0 Å². The van der Waals surface area contributed by atoms with Crippen molar-refractivity contribution in [2.75, 3.05) is 23.5 Å². The molecule has 1 aromatic rings. The Labute approximate surface area is 145 Å². The number of amides is 2. The van der Waals surface area contributed by atoms with Gasteiger partial charge in [-0.2, -0.15) is 0 Å². The van der Waals surface area contributed by atoms with Gasteiger partial charge >= 0.3 is 0 Å². The van der Waals surface area contributed by atoms with Gasteiger partial charge in [-0.3, -0.25) is 14.9 Å². The third kappa shape index (κ3) is 5.05. The van der Waals surface area contributed by atoms with Crippen molar-refractivity contribution in [2.24, 2.45) is 0 Å². The lowest BCUT2D eigenvalue weighted by atomic mass is 10.2. The molecular weight excluding hydrogens is 345 g/mol. The average molecular weight is 364 g/mol. The summed E-state index contributed by atoms with van der Waals surface area (Å²) in [7, 11) is 0. The zero-order valence-corrected chi connectivity index (χ0v) is 14.5. The maximum Gasteiger partial charge on any atom is 0.252 e. The van der Waals surface area contributed by atoms with Crippen LogP contribution in [0.1, 0.15) is 23.7 Å². The van der Waals surface area contributed by atoms with Gasteiger partial charge in [0.05, 0.1) is 16.6 Å². The predicted octanol–water partition coefficient (Wildman–Crippen LogP) is 2.50. The van der Waals surface area contributed by atoms with Crippen LogP contribution in [0.3, 0.4) is 0 Å². The maximum absolute atomic E-state index is 12.0. The van der Waals surface area contributed by atoms with Gasteiger partial charge in [0.15, 0.2) is 0 Å². The topological polar surface area (TPSA) is 70.2 Å². The Balaban J connectivity index is 0.00000242. The summed E-state index contributed by atoms with van der Waals surface area (Å²) in [5.74, 6) is 1.26. The molecule has 122 valence electrons. The molecule has 0 saturated carbocycles. The second-order valence-corrected chi connectivity index (χ2v) is 6.15. The van der Waals surface area contributed by atoms with Crippen molar-refractivity contribution >= 4 is 53.3 Å². The number of hydrogen-bond acceptors (Lipinski definition) is 4. The first-order chi connectivity index (χ1) is 10.1. The highest BCUT2D eigenvalue weighted by Gasteiger charge is 2.22. The first kappa shape index (κ1) is 19.1. The second kappa shape index (κ2) is 9.25. The summed E-state index contributed by atoms with van der Waals surface area (Å²) in [6.07, 6.45) is 0.865. The smallest absolute Gasteiger partial charge is 0.252 e. The van der Waals surface area contributed by atoms with Gasteiger partial charge < -0.3 is 10.6 Å². The minimum absolute atomic E-state index is 0. The summed E-state index contributed by atoms with van der Waals surface area (Å²) in [5, 5.41) is 9.00. The molecule has 1 aliphatic heterocycles. The highest BCUT2D eigenvalue weighted by atomic mass is 35.5. The lowest BCUT2D eigenvalue weighted by molar-refractivity contribution is -0.117. The van der Waals surface area contributed by atoms with E-state index in [1.54, 1.807) is 30.0 Å². The zero-order valence-electron chi connectivity index (χ0n) is 12.1. The minimum atomic E-state index is -0.200. The Morgan fingerprint density at radius 1 is 1.45 bits per heavy atom. The van der Waals surface area contributed by atoms with E-state index in [1.807, 2.05) is 6.92 Å². The molecule has 1 aliphatic rings. The Morgan fingerprint density at radius 2 is 2.23 bits per heavy atom. The van der Waals surface area contributed by atoms with Crippen LogP contribution in [0.15, 0.2) is 18.2 Å². The fraction of sp³-hybridized carbons (Fsp3) is 0.429. The average Bonchev–Trinajstić information content (AvgIpc) is 2.99. The molecule has 2 rings (SSSR count). The molecule has 1 aromatic carbocycles. The number of carbonyl (C=O) groups excluding carboxylic acids is 2. The molecule has 3 N–H and O–H groups in total. The van der Waals surface area contributed by atoms with Crippen molar-refractivity contribution in [1.82, 2.24) is 10.6 Å². The Bertz CT molecular complexity index is 537. The van der Waals surface area contributed by atoms with E-state index in [0.717, 1.165) is 18.1 Å². The highest BCUT2D eigenvalue weighted by molar-refractivity contribution is 7.99. The number of halogens is 2. The van der Waals surface area contributed by atoms with Gasteiger partial charge in [0.25, 0.3) is 5.91 Å². The molecule has 0 radical (unpaired) electrons. The van der Waals surface area contributed by atoms with Crippen molar-refractivity contribution in [3.63, 3.8) is 0 Å². The van der Waals surface area contributed by atoms with Gasteiger partial charge in [0.1, 0.15) is 0 Å². The van der Waals surface area contributed by atoms with Gasteiger partial charge in [-0.1, -0.05) is 18.5 Å². The van der Waals surface area contributed by atoms with Gasteiger partial charge in [-0.05, 0) is 24.6 Å². The van der Waals surface area contributed by atoms with Crippen molar-refractivity contribution in [1.29, 1.82) is 0 Å². The number of nitrogens with one attached hydrogen (secondary N) is 3. The fourth-order valence-corrected chi connectivity index (χ4v) is 3.11. The number of rotatable bonds is 5. The quantitative estimate of drug-likeness (QED) is 0.751.